The normalized spacial score (nSPS) is 12.1. The van der Waals surface area contributed by atoms with Crippen molar-refractivity contribution in [3.8, 4) is 0 Å². The van der Waals surface area contributed by atoms with E-state index in [4.69, 9.17) is 0 Å². The van der Waals surface area contributed by atoms with E-state index < -0.39 is 17.7 Å². The highest BCUT2D eigenvalue weighted by atomic mass is 19.1. The van der Waals surface area contributed by atoms with E-state index in [1.807, 2.05) is 32.0 Å². The molecular formula is C24H22F2N4O. The molecule has 4 aromatic rings. The lowest BCUT2D eigenvalue weighted by atomic mass is 10.0. The predicted molar refractivity (Wildman–Crippen MR) is 114 cm³/mol. The zero-order chi connectivity index (χ0) is 22.0. The highest BCUT2D eigenvalue weighted by molar-refractivity contribution is 5.81. The summed E-state index contributed by atoms with van der Waals surface area (Å²) in [5.41, 5.74) is 5.01. The Hall–Kier alpha value is -3.61. The number of fused-ring (bicyclic) bond motifs is 1. The fourth-order valence-electron chi connectivity index (χ4n) is 3.61. The lowest BCUT2D eigenvalue weighted by Crippen LogP contribution is -2.33. The van der Waals surface area contributed by atoms with Crippen LogP contribution in [0.1, 0.15) is 28.4 Å². The predicted octanol–water partition coefficient (Wildman–Crippen LogP) is 4.43. The second-order valence-corrected chi connectivity index (χ2v) is 7.65. The molecule has 0 saturated carbocycles. The van der Waals surface area contributed by atoms with Crippen molar-refractivity contribution in [2.24, 2.45) is 0 Å². The van der Waals surface area contributed by atoms with E-state index in [0.29, 0.717) is 11.3 Å². The number of imidazole rings is 1. The van der Waals surface area contributed by atoms with Crippen molar-refractivity contribution in [1.82, 2.24) is 19.9 Å². The average molecular weight is 420 g/mol. The second-order valence-electron chi connectivity index (χ2n) is 7.65. The summed E-state index contributed by atoms with van der Waals surface area (Å²) in [5.74, 6) is -1.56. The van der Waals surface area contributed by atoms with Crippen molar-refractivity contribution in [1.29, 1.82) is 0 Å². The van der Waals surface area contributed by atoms with E-state index in [1.165, 1.54) is 12.1 Å². The number of aromatic nitrogens is 3. The lowest BCUT2D eigenvalue weighted by Gasteiger charge is -2.19. The Kier molecular flexibility index (Phi) is 5.75. The van der Waals surface area contributed by atoms with Gasteiger partial charge in [0.05, 0.1) is 29.1 Å². The van der Waals surface area contributed by atoms with E-state index in [1.54, 1.807) is 29.2 Å². The molecule has 158 valence electrons. The molecule has 0 aliphatic carbocycles. The first kappa shape index (κ1) is 20.7. The number of benzene rings is 2. The first-order chi connectivity index (χ1) is 14.9. The van der Waals surface area contributed by atoms with Crippen LogP contribution in [-0.4, -0.2) is 20.4 Å². The smallest absolute Gasteiger partial charge is 0.240 e. The largest absolute Gasteiger partial charge is 0.346 e. The molecule has 1 amide bonds. The van der Waals surface area contributed by atoms with Gasteiger partial charge in [0.1, 0.15) is 18.2 Å². The Morgan fingerprint density at radius 1 is 1.03 bits per heavy atom. The zero-order valence-electron chi connectivity index (χ0n) is 17.3. The zero-order valence-corrected chi connectivity index (χ0v) is 17.3. The molecule has 0 saturated heterocycles. The number of aryl methyl sites for hydroxylation is 2. The van der Waals surface area contributed by atoms with Gasteiger partial charge in [-0.1, -0.05) is 6.07 Å². The van der Waals surface area contributed by atoms with E-state index in [2.05, 4.69) is 15.3 Å². The number of nitrogens with one attached hydrogen (secondary N) is 1. The SMILES string of the molecule is Cc1cc2ncn(CC(=O)NC(Cc3cc(F)cc(F)c3)c3ccccn3)c2cc1C. The van der Waals surface area contributed by atoms with Crippen LogP contribution in [0, 0.1) is 25.5 Å². The Morgan fingerprint density at radius 3 is 2.48 bits per heavy atom. The molecule has 5 nitrogen and oxygen atoms in total. The van der Waals surface area contributed by atoms with Crippen LogP contribution in [-0.2, 0) is 17.8 Å². The molecule has 7 heteroatoms. The van der Waals surface area contributed by atoms with Crippen molar-refractivity contribution in [3.05, 3.63) is 95.1 Å². The molecule has 0 spiro atoms. The standard InChI is InChI=1S/C24H22F2N4O/c1-15-7-22-23(8-16(15)2)30(14-28-22)13-24(31)29-21(20-5-3-4-6-27-20)11-17-9-18(25)12-19(26)10-17/h3-10,12,14,21H,11,13H2,1-2H3,(H,29,31). The van der Waals surface area contributed by atoms with Crippen molar-refractivity contribution in [2.75, 3.05) is 0 Å². The van der Waals surface area contributed by atoms with Gasteiger partial charge >= 0.3 is 0 Å². The fourth-order valence-corrected chi connectivity index (χ4v) is 3.61. The third-order valence-corrected chi connectivity index (χ3v) is 5.29. The minimum Gasteiger partial charge on any atom is -0.346 e. The molecular weight excluding hydrogens is 398 g/mol. The molecule has 31 heavy (non-hydrogen) atoms. The number of amides is 1. The van der Waals surface area contributed by atoms with Crippen LogP contribution >= 0.6 is 0 Å². The van der Waals surface area contributed by atoms with Crippen molar-refractivity contribution < 1.29 is 13.6 Å². The molecule has 1 unspecified atom stereocenters. The van der Waals surface area contributed by atoms with E-state index in [0.717, 1.165) is 28.2 Å². The summed E-state index contributed by atoms with van der Waals surface area (Å²) in [6.45, 7) is 4.11. The molecule has 0 fully saturated rings. The lowest BCUT2D eigenvalue weighted by molar-refractivity contribution is -0.122. The van der Waals surface area contributed by atoms with Crippen LogP contribution in [0.25, 0.3) is 11.0 Å². The van der Waals surface area contributed by atoms with E-state index in [9.17, 15) is 13.6 Å². The number of carbonyl (C=O) groups excluding carboxylic acids is 1. The van der Waals surface area contributed by atoms with E-state index in [-0.39, 0.29) is 18.9 Å². The molecule has 2 aromatic carbocycles. The fraction of sp³-hybridized carbons (Fsp3) is 0.208. The van der Waals surface area contributed by atoms with Gasteiger partial charge in [-0.3, -0.25) is 9.78 Å². The van der Waals surface area contributed by atoms with Crippen LogP contribution in [0.4, 0.5) is 8.78 Å². The van der Waals surface area contributed by atoms with Gasteiger partial charge in [-0.2, -0.15) is 0 Å². The van der Waals surface area contributed by atoms with Crippen molar-refractivity contribution in [3.63, 3.8) is 0 Å². The van der Waals surface area contributed by atoms with Crippen LogP contribution < -0.4 is 5.32 Å². The van der Waals surface area contributed by atoms with Gasteiger partial charge < -0.3 is 9.88 Å². The van der Waals surface area contributed by atoms with Gasteiger partial charge in [0.2, 0.25) is 5.91 Å². The number of pyridine rings is 1. The van der Waals surface area contributed by atoms with Crippen LogP contribution in [0.15, 0.2) is 61.1 Å². The minimum absolute atomic E-state index is 0.0693. The first-order valence-corrected chi connectivity index (χ1v) is 9.96. The summed E-state index contributed by atoms with van der Waals surface area (Å²) in [6, 6.07) is 12.2. The maximum Gasteiger partial charge on any atom is 0.240 e. The monoisotopic (exact) mass is 420 g/mol. The molecule has 2 heterocycles. The topological polar surface area (TPSA) is 59.8 Å². The number of nitrogens with zero attached hydrogens (tertiary/aromatic N) is 3. The minimum atomic E-state index is -0.656. The number of hydrogen-bond donors (Lipinski definition) is 1. The number of carbonyl (C=O) groups is 1. The summed E-state index contributed by atoms with van der Waals surface area (Å²) in [6.07, 6.45) is 3.47. The summed E-state index contributed by atoms with van der Waals surface area (Å²) in [5, 5.41) is 2.95. The van der Waals surface area contributed by atoms with Gasteiger partial charge in [-0.15, -0.1) is 0 Å². The highest BCUT2D eigenvalue weighted by Gasteiger charge is 2.18. The molecule has 1 N–H and O–H groups in total. The molecule has 2 aromatic heterocycles. The molecule has 1 atom stereocenters. The van der Waals surface area contributed by atoms with E-state index >= 15 is 0 Å². The summed E-state index contributed by atoms with van der Waals surface area (Å²) >= 11 is 0. The number of halogens is 2. The maximum absolute atomic E-state index is 13.7. The van der Waals surface area contributed by atoms with Crippen molar-refractivity contribution in [2.45, 2.75) is 32.9 Å². The summed E-state index contributed by atoms with van der Waals surface area (Å²) in [4.78, 5) is 21.6. The Bertz CT molecular complexity index is 1220. The van der Waals surface area contributed by atoms with Crippen molar-refractivity contribution >= 4 is 16.9 Å². The molecule has 0 aliphatic rings. The number of rotatable bonds is 6. The van der Waals surface area contributed by atoms with Gasteiger partial charge in [0, 0.05) is 12.3 Å². The Labute approximate surface area is 178 Å². The van der Waals surface area contributed by atoms with Crippen LogP contribution in [0.5, 0.6) is 0 Å². The summed E-state index contributed by atoms with van der Waals surface area (Å²) in [7, 11) is 0. The molecule has 0 aliphatic heterocycles. The van der Waals surface area contributed by atoms with Gasteiger partial charge in [-0.25, -0.2) is 13.8 Å². The highest BCUT2D eigenvalue weighted by Crippen LogP contribution is 2.20. The van der Waals surface area contributed by atoms with Gasteiger partial charge in [-0.05, 0) is 73.4 Å². The first-order valence-electron chi connectivity index (χ1n) is 9.96. The molecule has 4 rings (SSSR count). The Morgan fingerprint density at radius 2 is 1.77 bits per heavy atom. The van der Waals surface area contributed by atoms with Crippen LogP contribution in [0.2, 0.25) is 0 Å². The quantitative estimate of drug-likeness (QED) is 0.502. The van der Waals surface area contributed by atoms with Gasteiger partial charge in [0.15, 0.2) is 0 Å². The van der Waals surface area contributed by atoms with Gasteiger partial charge in [0.25, 0.3) is 0 Å². The number of hydrogen-bond acceptors (Lipinski definition) is 3. The average Bonchev–Trinajstić information content (AvgIpc) is 3.09. The Balaban J connectivity index is 1.57. The molecule has 0 bridgehead atoms. The molecule has 0 radical (unpaired) electrons. The summed E-state index contributed by atoms with van der Waals surface area (Å²) < 4.78 is 29.1. The third kappa shape index (κ3) is 4.77. The van der Waals surface area contributed by atoms with Crippen LogP contribution in [0.3, 0.4) is 0 Å². The third-order valence-electron chi connectivity index (χ3n) is 5.29. The maximum atomic E-state index is 13.7. The second kappa shape index (κ2) is 8.63.